The van der Waals surface area contributed by atoms with Crippen molar-refractivity contribution < 1.29 is 0 Å². The second kappa shape index (κ2) is 11.7. The first-order chi connectivity index (χ1) is 18.0. The number of benzene rings is 2. The molecule has 192 valence electrons. The third-order valence-electron chi connectivity index (χ3n) is 7.25. The van der Waals surface area contributed by atoms with Gasteiger partial charge in [0.25, 0.3) is 0 Å². The van der Waals surface area contributed by atoms with E-state index in [-0.39, 0.29) is 12.0 Å². The lowest BCUT2D eigenvalue weighted by Gasteiger charge is -2.41. The van der Waals surface area contributed by atoms with Gasteiger partial charge in [0.2, 0.25) is 0 Å². The van der Waals surface area contributed by atoms with Gasteiger partial charge in [0.05, 0.1) is 21.8 Å². The van der Waals surface area contributed by atoms with Crippen molar-refractivity contribution in [2.24, 2.45) is 5.92 Å². The van der Waals surface area contributed by atoms with E-state index in [0.717, 1.165) is 61.8 Å². The van der Waals surface area contributed by atoms with Gasteiger partial charge in [-0.25, -0.2) is 0 Å². The maximum atomic E-state index is 6.51. The van der Waals surface area contributed by atoms with Crippen molar-refractivity contribution in [3.63, 3.8) is 0 Å². The maximum Gasteiger partial charge on any atom is 0.174 e. The number of para-hydroxylation sites is 1. The summed E-state index contributed by atoms with van der Waals surface area (Å²) in [5.41, 5.74) is 4.55. The third kappa shape index (κ3) is 5.88. The Labute approximate surface area is 228 Å². The standard InChI is InChI=1S/C29H32Cl2N6/c1-21-8-6-9-22(2)27(21)37-29(32-33-34-37)28(24-13-14-25(30)26(31)20-24)36-18-16-35(17-19-36)15-7-12-23-10-4-3-5-11-23/h3-12,14,20,24,28H,13,15-19H2,1-2H3/b12-7+/t24?,28-/m0/s1. The molecule has 0 saturated carbocycles. The summed E-state index contributed by atoms with van der Waals surface area (Å²) < 4.78 is 1.92. The Bertz CT molecular complexity index is 1280. The molecule has 1 aliphatic heterocycles. The molecule has 1 saturated heterocycles. The quantitative estimate of drug-likeness (QED) is 0.376. The predicted molar refractivity (Wildman–Crippen MR) is 151 cm³/mol. The molecule has 8 heteroatoms. The first-order valence-corrected chi connectivity index (χ1v) is 13.5. The van der Waals surface area contributed by atoms with E-state index in [2.05, 4.69) is 99.9 Å². The van der Waals surface area contributed by atoms with Gasteiger partial charge in [-0.3, -0.25) is 9.80 Å². The number of aromatic nitrogens is 4. The molecule has 2 heterocycles. The van der Waals surface area contributed by atoms with E-state index < -0.39 is 0 Å². The van der Waals surface area contributed by atoms with E-state index in [9.17, 15) is 0 Å². The van der Waals surface area contributed by atoms with E-state index in [1.807, 2.05) is 16.8 Å². The van der Waals surface area contributed by atoms with Crippen molar-refractivity contribution in [3.8, 4) is 5.69 Å². The second-order valence-corrected chi connectivity index (χ2v) is 10.6. The van der Waals surface area contributed by atoms with Crippen LogP contribution in [0.15, 0.2) is 76.8 Å². The van der Waals surface area contributed by atoms with Gasteiger partial charge < -0.3 is 0 Å². The molecule has 2 aromatic carbocycles. The van der Waals surface area contributed by atoms with Crippen molar-refractivity contribution >= 4 is 29.3 Å². The molecule has 0 spiro atoms. The Morgan fingerprint density at radius 1 is 0.946 bits per heavy atom. The summed E-state index contributed by atoms with van der Waals surface area (Å²) in [6, 6.07) is 16.7. The summed E-state index contributed by atoms with van der Waals surface area (Å²) in [5.74, 6) is 0.959. The topological polar surface area (TPSA) is 50.1 Å². The van der Waals surface area contributed by atoms with E-state index in [1.165, 1.54) is 5.56 Å². The Hall–Kier alpha value is -2.77. The molecule has 1 fully saturated rings. The fourth-order valence-corrected chi connectivity index (χ4v) is 5.71. The molecule has 1 unspecified atom stereocenters. The van der Waals surface area contributed by atoms with Gasteiger partial charge >= 0.3 is 0 Å². The molecular formula is C29H32Cl2N6. The molecule has 6 nitrogen and oxygen atoms in total. The number of hydrogen-bond donors (Lipinski definition) is 0. The van der Waals surface area contributed by atoms with Crippen LogP contribution >= 0.6 is 23.2 Å². The Kier molecular flexibility index (Phi) is 8.20. The maximum absolute atomic E-state index is 6.51. The van der Waals surface area contributed by atoms with E-state index in [4.69, 9.17) is 23.2 Å². The summed E-state index contributed by atoms with van der Waals surface area (Å²) in [5, 5.41) is 14.4. The van der Waals surface area contributed by atoms with Gasteiger partial charge in [-0.05, 0) is 47.4 Å². The number of hydrogen-bond acceptors (Lipinski definition) is 5. The normalized spacial score (nSPS) is 20.2. The highest BCUT2D eigenvalue weighted by Gasteiger charge is 2.36. The van der Waals surface area contributed by atoms with Crippen molar-refractivity contribution in [2.75, 3.05) is 32.7 Å². The smallest absolute Gasteiger partial charge is 0.174 e. The van der Waals surface area contributed by atoms with Crippen LogP contribution in [0.1, 0.15) is 35.0 Å². The Balaban J connectivity index is 1.38. The number of rotatable bonds is 7. The highest BCUT2D eigenvalue weighted by molar-refractivity contribution is 6.44. The molecule has 0 amide bonds. The van der Waals surface area contributed by atoms with Crippen LogP contribution in [0, 0.1) is 19.8 Å². The number of halogens is 2. The monoisotopic (exact) mass is 534 g/mol. The van der Waals surface area contributed by atoms with Gasteiger partial charge in [-0.15, -0.1) is 5.10 Å². The van der Waals surface area contributed by atoms with E-state index >= 15 is 0 Å². The molecule has 2 atom stereocenters. The average molecular weight is 536 g/mol. The van der Waals surface area contributed by atoms with Gasteiger partial charge in [0, 0.05) is 38.6 Å². The first kappa shape index (κ1) is 25.9. The van der Waals surface area contributed by atoms with Crippen molar-refractivity contribution in [1.82, 2.24) is 30.0 Å². The fourth-order valence-electron chi connectivity index (χ4n) is 5.32. The zero-order chi connectivity index (χ0) is 25.8. The molecule has 37 heavy (non-hydrogen) atoms. The minimum atomic E-state index is -0.0224. The summed E-state index contributed by atoms with van der Waals surface area (Å²) in [4.78, 5) is 4.99. The van der Waals surface area contributed by atoms with Crippen LogP contribution in [0.5, 0.6) is 0 Å². The largest absolute Gasteiger partial charge is 0.297 e. The highest BCUT2D eigenvalue weighted by Crippen LogP contribution is 2.39. The third-order valence-corrected chi connectivity index (χ3v) is 8.03. The van der Waals surface area contributed by atoms with Crippen molar-refractivity contribution in [2.45, 2.75) is 26.3 Å². The van der Waals surface area contributed by atoms with Gasteiger partial charge in [0.15, 0.2) is 5.82 Å². The number of tetrazole rings is 1. The lowest BCUT2D eigenvalue weighted by molar-refractivity contribution is 0.0785. The molecule has 3 aromatic rings. The molecule has 0 N–H and O–H groups in total. The zero-order valence-corrected chi connectivity index (χ0v) is 22.8. The van der Waals surface area contributed by atoms with Crippen molar-refractivity contribution in [3.05, 3.63) is 99.3 Å². The van der Waals surface area contributed by atoms with Gasteiger partial charge in [-0.2, -0.15) is 4.68 Å². The van der Waals surface area contributed by atoms with Gasteiger partial charge in [-0.1, -0.05) is 96.0 Å². The summed E-state index contributed by atoms with van der Waals surface area (Å²) in [6.45, 7) is 8.92. The minimum absolute atomic E-state index is 0.0224. The van der Waals surface area contributed by atoms with E-state index in [1.54, 1.807) is 0 Å². The Morgan fingerprint density at radius 2 is 1.68 bits per heavy atom. The summed E-state index contributed by atoms with van der Waals surface area (Å²) in [6.07, 6.45) is 9.32. The van der Waals surface area contributed by atoms with Crippen LogP contribution in [-0.4, -0.2) is 62.7 Å². The van der Waals surface area contributed by atoms with Gasteiger partial charge in [0.1, 0.15) is 0 Å². The number of aryl methyl sites for hydroxylation is 2. The molecule has 2 aliphatic rings. The van der Waals surface area contributed by atoms with Crippen molar-refractivity contribution in [1.29, 1.82) is 0 Å². The Morgan fingerprint density at radius 3 is 2.38 bits per heavy atom. The summed E-state index contributed by atoms with van der Waals surface area (Å²) in [7, 11) is 0. The molecule has 1 aliphatic carbocycles. The van der Waals surface area contributed by atoms with Crippen LogP contribution in [0.4, 0.5) is 0 Å². The number of piperazine rings is 1. The fraction of sp³-hybridized carbons (Fsp3) is 0.345. The SMILES string of the molecule is Cc1cccc(C)c1-n1nnnc1[C@H](C1C=C(Cl)C(Cl)=CC1)N1CCN(C/C=C/c2ccccc2)CC1. The molecule has 5 rings (SSSR count). The lowest BCUT2D eigenvalue weighted by Crippen LogP contribution is -2.49. The zero-order valence-electron chi connectivity index (χ0n) is 21.3. The number of allylic oxidation sites excluding steroid dienone is 3. The van der Waals surface area contributed by atoms with Crippen LogP contribution < -0.4 is 0 Å². The molecular weight excluding hydrogens is 503 g/mol. The molecule has 0 bridgehead atoms. The number of nitrogens with zero attached hydrogens (tertiary/aromatic N) is 6. The molecule has 1 aromatic heterocycles. The summed E-state index contributed by atoms with van der Waals surface area (Å²) >= 11 is 12.8. The van der Waals surface area contributed by atoms with Crippen LogP contribution in [0.2, 0.25) is 0 Å². The molecule has 0 radical (unpaired) electrons. The van der Waals surface area contributed by atoms with E-state index in [0.29, 0.717) is 10.1 Å². The predicted octanol–water partition coefficient (Wildman–Crippen LogP) is 5.92. The lowest BCUT2D eigenvalue weighted by atomic mass is 9.90. The highest BCUT2D eigenvalue weighted by atomic mass is 35.5. The van der Waals surface area contributed by atoms with Crippen LogP contribution in [-0.2, 0) is 0 Å². The van der Waals surface area contributed by atoms with Crippen LogP contribution in [0.3, 0.4) is 0 Å². The minimum Gasteiger partial charge on any atom is -0.297 e. The average Bonchev–Trinajstić information content (AvgIpc) is 3.36. The van der Waals surface area contributed by atoms with Crippen LogP contribution in [0.25, 0.3) is 11.8 Å². The second-order valence-electron chi connectivity index (χ2n) is 9.75. The first-order valence-electron chi connectivity index (χ1n) is 12.8.